The van der Waals surface area contributed by atoms with Crippen molar-refractivity contribution < 1.29 is 28.9 Å². The van der Waals surface area contributed by atoms with Gasteiger partial charge in [0, 0.05) is 3.57 Å². The molecule has 3 heterocycles. The van der Waals surface area contributed by atoms with Gasteiger partial charge in [0.2, 0.25) is 0 Å². The molecule has 2 bridgehead atoms. The molecule has 0 saturated carbocycles. The molecule has 0 aromatic heterocycles. The van der Waals surface area contributed by atoms with Crippen LogP contribution in [0.5, 0.6) is 0 Å². The predicted octanol–water partition coefficient (Wildman–Crippen LogP) is 1.37. The van der Waals surface area contributed by atoms with Crippen LogP contribution >= 0.6 is 22.6 Å². The maximum atomic E-state index is 12.7. The summed E-state index contributed by atoms with van der Waals surface area (Å²) in [5, 5.41) is 10.2. The second-order valence-electron chi connectivity index (χ2n) is 6.95. The average molecular weight is 444 g/mol. The molecule has 6 unspecified atom stereocenters. The molecule has 6 nitrogen and oxygen atoms in total. The number of ether oxygens (including phenoxy) is 3. The monoisotopic (exact) mass is 444 g/mol. The van der Waals surface area contributed by atoms with E-state index in [9.17, 15) is 14.7 Å². The number of esters is 2. The smallest absolute Gasteiger partial charge is 0.313 e. The fraction of sp³-hybridized carbons (Fsp3) is 0.529. The van der Waals surface area contributed by atoms with Crippen LogP contribution < -0.4 is 0 Å². The number of fused-ring (bicyclic) bond motifs is 1. The van der Waals surface area contributed by atoms with Gasteiger partial charge >= 0.3 is 11.9 Å². The Kier molecular flexibility index (Phi) is 3.67. The number of halogens is 1. The fourth-order valence-corrected chi connectivity index (χ4v) is 4.22. The van der Waals surface area contributed by atoms with Crippen LogP contribution in [-0.2, 0) is 29.4 Å². The topological polar surface area (TPSA) is 82.1 Å². The maximum absolute atomic E-state index is 12.7. The van der Waals surface area contributed by atoms with E-state index in [2.05, 4.69) is 22.6 Å². The zero-order valence-electron chi connectivity index (χ0n) is 13.1. The number of hydrogen-bond acceptors (Lipinski definition) is 6. The van der Waals surface area contributed by atoms with Gasteiger partial charge in [0.25, 0.3) is 0 Å². The first-order valence-electron chi connectivity index (χ1n) is 7.82. The Morgan fingerprint density at radius 3 is 2.54 bits per heavy atom. The molecular weight excluding hydrogens is 427 g/mol. The number of benzene rings is 1. The highest BCUT2D eigenvalue weighted by Gasteiger charge is 2.70. The van der Waals surface area contributed by atoms with Crippen molar-refractivity contribution in [1.82, 2.24) is 0 Å². The van der Waals surface area contributed by atoms with Gasteiger partial charge in [-0.2, -0.15) is 0 Å². The molecule has 3 fully saturated rings. The van der Waals surface area contributed by atoms with Crippen LogP contribution in [0, 0.1) is 15.4 Å². The van der Waals surface area contributed by atoms with Crippen molar-refractivity contribution in [2.75, 3.05) is 0 Å². The largest absolute Gasteiger partial charge is 0.456 e. The molecule has 4 rings (SSSR count). The molecule has 3 saturated heterocycles. The number of hydrogen-bond donors (Lipinski definition) is 1. The van der Waals surface area contributed by atoms with Gasteiger partial charge in [-0.05, 0) is 54.1 Å². The van der Waals surface area contributed by atoms with E-state index in [1.54, 1.807) is 13.8 Å². The van der Waals surface area contributed by atoms with Crippen molar-refractivity contribution in [1.29, 1.82) is 0 Å². The van der Waals surface area contributed by atoms with Crippen molar-refractivity contribution in [3.63, 3.8) is 0 Å². The predicted molar refractivity (Wildman–Crippen MR) is 89.8 cm³/mol. The zero-order valence-corrected chi connectivity index (χ0v) is 15.3. The van der Waals surface area contributed by atoms with E-state index in [1.807, 2.05) is 24.3 Å². The minimum absolute atomic E-state index is 0.488. The lowest BCUT2D eigenvalue weighted by molar-refractivity contribution is -0.168. The Bertz CT molecular complexity index is 700. The van der Waals surface area contributed by atoms with Crippen LogP contribution in [0.1, 0.15) is 19.4 Å². The highest BCUT2D eigenvalue weighted by atomic mass is 127. The van der Waals surface area contributed by atoms with Crippen LogP contribution in [0.4, 0.5) is 0 Å². The van der Waals surface area contributed by atoms with E-state index in [0.29, 0.717) is 0 Å². The third kappa shape index (κ3) is 2.28. The van der Waals surface area contributed by atoms with Crippen molar-refractivity contribution in [3.05, 3.63) is 33.4 Å². The summed E-state index contributed by atoms with van der Waals surface area (Å²) in [6, 6.07) is 7.69. The summed E-state index contributed by atoms with van der Waals surface area (Å²) in [5.74, 6) is -2.52. The first-order valence-corrected chi connectivity index (χ1v) is 8.90. The Labute approximate surface area is 152 Å². The summed E-state index contributed by atoms with van der Waals surface area (Å²) in [5.41, 5.74) is 0.00334. The van der Waals surface area contributed by atoms with E-state index in [-0.39, 0.29) is 0 Å². The van der Waals surface area contributed by atoms with E-state index < -0.39 is 53.8 Å². The summed E-state index contributed by atoms with van der Waals surface area (Å²) >= 11 is 2.21. The van der Waals surface area contributed by atoms with Gasteiger partial charge in [-0.3, -0.25) is 9.59 Å². The van der Waals surface area contributed by atoms with Gasteiger partial charge in [0.05, 0.1) is 0 Å². The maximum Gasteiger partial charge on any atom is 0.313 e. The molecular formula is C17H17IO6. The van der Waals surface area contributed by atoms with Gasteiger partial charge in [-0.25, -0.2) is 0 Å². The van der Waals surface area contributed by atoms with Crippen LogP contribution in [-0.4, -0.2) is 41.5 Å². The first-order chi connectivity index (χ1) is 11.3. The molecule has 6 atom stereocenters. The van der Waals surface area contributed by atoms with Crippen molar-refractivity contribution in [3.8, 4) is 0 Å². The molecule has 24 heavy (non-hydrogen) atoms. The lowest BCUT2D eigenvalue weighted by Gasteiger charge is -2.30. The van der Waals surface area contributed by atoms with Crippen LogP contribution in [0.15, 0.2) is 24.3 Å². The van der Waals surface area contributed by atoms with Crippen molar-refractivity contribution in [2.45, 2.75) is 43.9 Å². The lowest BCUT2D eigenvalue weighted by atomic mass is 9.78. The van der Waals surface area contributed by atoms with Gasteiger partial charge in [-0.1, -0.05) is 12.1 Å². The van der Waals surface area contributed by atoms with E-state index >= 15 is 0 Å². The van der Waals surface area contributed by atoms with Gasteiger partial charge in [-0.15, -0.1) is 0 Å². The van der Waals surface area contributed by atoms with Crippen molar-refractivity contribution >= 4 is 34.5 Å². The SMILES string of the molecule is CC(C)(OC(=O)C1C2OC3C(OC(=O)C31)C2O)c1ccc(I)cc1. The number of aliphatic hydroxyl groups is 1. The fourth-order valence-electron chi connectivity index (χ4n) is 3.86. The number of carbonyl (C=O) groups excluding carboxylic acids is 2. The molecule has 1 aromatic carbocycles. The van der Waals surface area contributed by atoms with Crippen LogP contribution in [0.25, 0.3) is 0 Å². The Morgan fingerprint density at radius 2 is 1.88 bits per heavy atom. The number of carbonyl (C=O) groups is 2. The second-order valence-corrected chi connectivity index (χ2v) is 8.19. The average Bonchev–Trinajstić information content (AvgIpc) is 3.11. The minimum atomic E-state index is -0.975. The summed E-state index contributed by atoms with van der Waals surface area (Å²) < 4.78 is 17.5. The van der Waals surface area contributed by atoms with Gasteiger partial charge in [0.15, 0.2) is 6.10 Å². The second kappa shape index (κ2) is 5.40. The quantitative estimate of drug-likeness (QED) is 0.561. The van der Waals surface area contributed by atoms with Crippen molar-refractivity contribution in [2.24, 2.45) is 11.8 Å². The number of rotatable bonds is 3. The highest BCUT2D eigenvalue weighted by Crippen LogP contribution is 2.50. The molecule has 1 N–H and O–H groups in total. The van der Waals surface area contributed by atoms with Gasteiger partial charge in [0.1, 0.15) is 35.7 Å². The third-order valence-electron chi connectivity index (χ3n) is 5.10. The van der Waals surface area contributed by atoms with E-state index in [1.165, 1.54) is 0 Å². The molecule has 1 aromatic rings. The molecule has 0 amide bonds. The van der Waals surface area contributed by atoms with Crippen LogP contribution in [0.2, 0.25) is 0 Å². The first kappa shape index (κ1) is 16.3. The standard InChI is InChI=1S/C17H17IO6/c1-17(2,7-3-5-8(18)6-4-7)24-16(21)9-10-13-14(23-15(10)20)11(19)12(9)22-13/h3-6,9-14,19H,1-2H3. The van der Waals surface area contributed by atoms with Crippen LogP contribution in [0.3, 0.4) is 0 Å². The Hall–Kier alpha value is -1.19. The summed E-state index contributed by atoms with van der Waals surface area (Å²) in [4.78, 5) is 24.8. The summed E-state index contributed by atoms with van der Waals surface area (Å²) in [6.45, 7) is 3.60. The summed E-state index contributed by atoms with van der Waals surface area (Å²) in [7, 11) is 0. The third-order valence-corrected chi connectivity index (χ3v) is 5.82. The zero-order chi connectivity index (χ0) is 17.2. The van der Waals surface area contributed by atoms with E-state index in [0.717, 1.165) is 9.13 Å². The Balaban J connectivity index is 1.56. The molecule has 0 aliphatic carbocycles. The highest BCUT2D eigenvalue weighted by molar-refractivity contribution is 14.1. The number of aliphatic hydroxyl groups excluding tert-OH is 1. The molecule has 3 aliphatic heterocycles. The molecule has 0 spiro atoms. The lowest BCUT2D eigenvalue weighted by Crippen LogP contribution is -2.47. The van der Waals surface area contributed by atoms with E-state index in [4.69, 9.17) is 14.2 Å². The molecule has 7 heteroatoms. The van der Waals surface area contributed by atoms with Gasteiger partial charge < -0.3 is 19.3 Å². The normalized spacial score (nSPS) is 36.8. The molecule has 0 radical (unpaired) electrons. The molecule has 128 valence electrons. The minimum Gasteiger partial charge on any atom is -0.456 e. The Morgan fingerprint density at radius 1 is 1.21 bits per heavy atom. The molecule has 3 aliphatic rings. The summed E-state index contributed by atoms with van der Waals surface area (Å²) in [6.07, 6.45) is -2.91.